The molecular weight excluding hydrogens is 288 g/mol. The van der Waals surface area contributed by atoms with Crippen molar-refractivity contribution in [3.8, 4) is 0 Å². The van der Waals surface area contributed by atoms with E-state index in [4.69, 9.17) is 0 Å². The van der Waals surface area contributed by atoms with Gasteiger partial charge in [0, 0.05) is 6.07 Å². The highest BCUT2D eigenvalue weighted by Gasteiger charge is 2.21. The first-order valence-electron chi connectivity index (χ1n) is 7.29. The lowest BCUT2D eigenvalue weighted by atomic mass is 10.1. The normalized spacial score (nSPS) is 16.5. The fraction of sp³-hybridized carbons (Fsp3) is 0.643. The number of hydrogen-bond acceptors (Lipinski definition) is 4. The third kappa shape index (κ3) is 4.57. The molecule has 116 valence electrons. The zero-order valence-corrected chi connectivity index (χ0v) is 13.6. The number of hydrogen-bond donors (Lipinski definition) is 2. The fourth-order valence-corrected chi connectivity index (χ4v) is 2.96. The Bertz CT molecular complexity index is 550. The van der Waals surface area contributed by atoms with Crippen LogP contribution in [0.25, 0.3) is 0 Å². The Labute approximate surface area is 128 Å². The summed E-state index contributed by atoms with van der Waals surface area (Å²) in [6.45, 7) is 7.59. The molecule has 2 N–H and O–H groups in total. The number of quaternary nitrogens is 1. The van der Waals surface area contributed by atoms with Gasteiger partial charge < -0.3 is 14.8 Å². The summed E-state index contributed by atoms with van der Waals surface area (Å²) in [5.74, 6) is 0.636. The first kappa shape index (κ1) is 16.0. The largest absolute Gasteiger partial charge is 0.334 e. The van der Waals surface area contributed by atoms with Crippen molar-refractivity contribution in [2.24, 2.45) is 0 Å². The molecule has 0 radical (unpaired) electrons. The molecule has 0 saturated carbocycles. The summed E-state index contributed by atoms with van der Waals surface area (Å²) in [5, 5.41) is 0.527. The molecule has 1 saturated heterocycles. The van der Waals surface area contributed by atoms with Gasteiger partial charge in [-0.25, -0.2) is 4.98 Å². The van der Waals surface area contributed by atoms with Crippen molar-refractivity contribution in [1.82, 2.24) is 14.9 Å². The minimum Gasteiger partial charge on any atom is -0.334 e. The van der Waals surface area contributed by atoms with Crippen molar-refractivity contribution >= 4 is 17.7 Å². The Morgan fingerprint density at radius 1 is 1.48 bits per heavy atom. The number of carbonyl (C=O) groups excluding carboxylic acids is 1. The summed E-state index contributed by atoms with van der Waals surface area (Å²) < 4.78 is 0. The Balaban J connectivity index is 1.93. The number of carbonyl (C=O) groups is 1. The summed E-state index contributed by atoms with van der Waals surface area (Å²) in [7, 11) is 2.14. The van der Waals surface area contributed by atoms with Crippen LogP contribution in [-0.4, -0.2) is 59.8 Å². The van der Waals surface area contributed by atoms with E-state index >= 15 is 0 Å². The summed E-state index contributed by atoms with van der Waals surface area (Å²) >= 11 is 1.30. The number of piperazine rings is 1. The fourth-order valence-electron chi connectivity index (χ4n) is 2.18. The first-order chi connectivity index (χ1) is 9.95. The molecule has 0 aliphatic carbocycles. The van der Waals surface area contributed by atoms with Crippen molar-refractivity contribution in [3.63, 3.8) is 0 Å². The van der Waals surface area contributed by atoms with Crippen LogP contribution in [0.1, 0.15) is 25.5 Å². The zero-order chi connectivity index (χ0) is 15.4. The Hall–Kier alpha value is -1.34. The lowest BCUT2D eigenvalue weighted by Gasteiger charge is -2.29. The molecular formula is C14H23N4O2S+. The Morgan fingerprint density at radius 2 is 2.14 bits per heavy atom. The molecule has 0 bridgehead atoms. The van der Waals surface area contributed by atoms with Crippen LogP contribution in [0.15, 0.2) is 16.0 Å². The molecule has 0 spiro atoms. The van der Waals surface area contributed by atoms with Gasteiger partial charge in [-0.15, -0.1) is 0 Å². The number of H-pyrrole nitrogens is 1. The van der Waals surface area contributed by atoms with Gasteiger partial charge >= 0.3 is 0 Å². The molecule has 1 amide bonds. The summed E-state index contributed by atoms with van der Waals surface area (Å²) in [6.07, 6.45) is 0. The van der Waals surface area contributed by atoms with Crippen molar-refractivity contribution < 1.29 is 9.69 Å². The van der Waals surface area contributed by atoms with E-state index in [0.717, 1.165) is 31.9 Å². The second-order valence-corrected chi connectivity index (χ2v) is 6.72. The smallest absolute Gasteiger partial charge is 0.251 e. The maximum atomic E-state index is 12.2. The van der Waals surface area contributed by atoms with Crippen molar-refractivity contribution in [2.75, 3.05) is 39.0 Å². The van der Waals surface area contributed by atoms with Gasteiger partial charge in [-0.1, -0.05) is 25.6 Å². The zero-order valence-electron chi connectivity index (χ0n) is 12.8. The van der Waals surface area contributed by atoms with Gasteiger partial charge in [-0.2, -0.15) is 0 Å². The van der Waals surface area contributed by atoms with Crippen LogP contribution in [0.2, 0.25) is 0 Å². The topological polar surface area (TPSA) is 70.5 Å². The standard InChI is InChI=1S/C14H22N4O2S/c1-10(2)11-8-12(19)16-14(15-11)21-9-13(20)18-6-4-17(3)5-7-18/h8,10H,4-7,9H2,1-3H3,(H,15,16,19)/p+1. The molecule has 1 aromatic rings. The van der Waals surface area contributed by atoms with Crippen molar-refractivity contribution in [3.05, 3.63) is 22.1 Å². The lowest BCUT2D eigenvalue weighted by molar-refractivity contribution is -0.883. The van der Waals surface area contributed by atoms with E-state index in [0.29, 0.717) is 10.9 Å². The van der Waals surface area contributed by atoms with Gasteiger partial charge in [0.25, 0.3) is 5.56 Å². The summed E-state index contributed by atoms with van der Waals surface area (Å²) in [5.41, 5.74) is 0.601. The Morgan fingerprint density at radius 3 is 2.76 bits per heavy atom. The van der Waals surface area contributed by atoms with Crippen LogP contribution in [0, 0.1) is 0 Å². The van der Waals surface area contributed by atoms with Gasteiger partial charge in [0.1, 0.15) is 0 Å². The maximum absolute atomic E-state index is 12.2. The number of likely N-dealkylation sites (N-methyl/N-ethyl adjacent to an activating group) is 1. The predicted molar refractivity (Wildman–Crippen MR) is 82.9 cm³/mol. The van der Waals surface area contributed by atoms with E-state index in [1.807, 2.05) is 18.7 Å². The molecule has 0 unspecified atom stereocenters. The molecule has 1 aromatic heterocycles. The first-order valence-corrected chi connectivity index (χ1v) is 8.27. The molecule has 0 atom stereocenters. The molecule has 0 aromatic carbocycles. The van der Waals surface area contributed by atoms with E-state index in [-0.39, 0.29) is 17.4 Å². The van der Waals surface area contributed by atoms with Crippen LogP contribution in [0.4, 0.5) is 0 Å². The highest BCUT2D eigenvalue weighted by molar-refractivity contribution is 7.99. The monoisotopic (exact) mass is 311 g/mol. The molecule has 21 heavy (non-hydrogen) atoms. The number of amides is 1. The van der Waals surface area contributed by atoms with E-state index < -0.39 is 0 Å². The number of rotatable bonds is 4. The van der Waals surface area contributed by atoms with Crippen molar-refractivity contribution in [1.29, 1.82) is 0 Å². The predicted octanol–water partition coefficient (Wildman–Crippen LogP) is -0.658. The molecule has 1 aliphatic rings. The quantitative estimate of drug-likeness (QED) is 0.572. The Kier molecular flexibility index (Phi) is 5.41. The van der Waals surface area contributed by atoms with Crippen LogP contribution >= 0.6 is 11.8 Å². The van der Waals surface area contributed by atoms with Crippen LogP contribution < -0.4 is 10.5 Å². The third-order valence-electron chi connectivity index (χ3n) is 3.63. The van der Waals surface area contributed by atoms with Gasteiger partial charge in [0.15, 0.2) is 5.16 Å². The molecule has 7 heteroatoms. The lowest BCUT2D eigenvalue weighted by Crippen LogP contribution is -3.12. The van der Waals surface area contributed by atoms with Gasteiger partial charge in [0.2, 0.25) is 5.91 Å². The van der Waals surface area contributed by atoms with E-state index in [2.05, 4.69) is 17.0 Å². The maximum Gasteiger partial charge on any atom is 0.251 e. The average Bonchev–Trinajstić information content (AvgIpc) is 2.45. The van der Waals surface area contributed by atoms with E-state index in [9.17, 15) is 9.59 Å². The van der Waals surface area contributed by atoms with Crippen LogP contribution in [-0.2, 0) is 4.79 Å². The average molecular weight is 311 g/mol. The summed E-state index contributed by atoms with van der Waals surface area (Å²) in [4.78, 5) is 34.2. The van der Waals surface area contributed by atoms with Crippen LogP contribution in [0.5, 0.6) is 0 Å². The highest BCUT2D eigenvalue weighted by atomic mass is 32.2. The number of nitrogens with one attached hydrogen (secondary N) is 2. The number of aromatic nitrogens is 2. The molecule has 1 fully saturated rings. The van der Waals surface area contributed by atoms with Gasteiger partial charge in [-0.05, 0) is 5.92 Å². The number of nitrogens with zero attached hydrogens (tertiary/aromatic N) is 2. The highest BCUT2D eigenvalue weighted by Crippen LogP contribution is 2.15. The summed E-state index contributed by atoms with van der Waals surface area (Å²) in [6, 6.07) is 1.51. The SMILES string of the molecule is CC(C)c1cc(=O)[nH]c(SCC(=O)N2CC[NH+](C)CC2)n1. The van der Waals surface area contributed by atoms with Gasteiger partial charge in [0.05, 0.1) is 44.7 Å². The molecule has 2 heterocycles. The molecule has 2 rings (SSSR count). The number of aromatic amines is 1. The second kappa shape index (κ2) is 7.09. The third-order valence-corrected chi connectivity index (χ3v) is 4.49. The second-order valence-electron chi connectivity index (χ2n) is 5.76. The number of thioether (sulfide) groups is 1. The minimum absolute atomic E-state index is 0.116. The van der Waals surface area contributed by atoms with Crippen LogP contribution in [0.3, 0.4) is 0 Å². The van der Waals surface area contributed by atoms with Crippen molar-refractivity contribution in [2.45, 2.75) is 24.9 Å². The molecule has 1 aliphatic heterocycles. The van der Waals surface area contributed by atoms with E-state index in [1.165, 1.54) is 22.7 Å². The van der Waals surface area contributed by atoms with E-state index in [1.54, 1.807) is 0 Å². The molecule has 6 nitrogen and oxygen atoms in total. The minimum atomic E-state index is -0.160. The van der Waals surface area contributed by atoms with Gasteiger partial charge in [-0.3, -0.25) is 9.59 Å².